The number of anilines is 2. The molecule has 0 aliphatic rings. The number of carbonyl (C=O) groups excluding carboxylic acids is 3. The van der Waals surface area contributed by atoms with Crippen molar-refractivity contribution in [1.82, 2.24) is 19.7 Å². The van der Waals surface area contributed by atoms with Crippen molar-refractivity contribution in [3.8, 4) is 0 Å². The summed E-state index contributed by atoms with van der Waals surface area (Å²) in [7, 11) is 2.91. The number of esters is 1. The van der Waals surface area contributed by atoms with Crippen molar-refractivity contribution >= 4 is 40.4 Å². The van der Waals surface area contributed by atoms with Gasteiger partial charge in [-0.25, -0.2) is 14.6 Å². The maximum Gasteiger partial charge on any atom is 0.413 e. The summed E-state index contributed by atoms with van der Waals surface area (Å²) in [6.07, 6.45) is 4.01. The fourth-order valence-corrected chi connectivity index (χ4v) is 3.75. The van der Waals surface area contributed by atoms with Crippen LogP contribution < -0.4 is 10.2 Å². The summed E-state index contributed by atoms with van der Waals surface area (Å²) < 4.78 is 11.6. The molecule has 1 N–H and O–H groups in total. The van der Waals surface area contributed by atoms with Crippen LogP contribution in [0.25, 0.3) is 10.9 Å². The molecule has 3 aromatic heterocycles. The molecule has 0 radical (unpaired) electrons. The van der Waals surface area contributed by atoms with Gasteiger partial charge in [-0.3, -0.25) is 19.8 Å². The van der Waals surface area contributed by atoms with E-state index in [1.165, 1.54) is 22.9 Å². The topological polar surface area (TPSA) is 129 Å². The van der Waals surface area contributed by atoms with Gasteiger partial charge in [-0.15, -0.1) is 0 Å². The Kier molecular flexibility index (Phi) is 7.38. The third-order valence-corrected chi connectivity index (χ3v) is 5.36. The molecule has 4 aromatic rings. The third kappa shape index (κ3) is 6.12. The lowest BCUT2D eigenvalue weighted by atomic mass is 10.1. The molecule has 0 saturated heterocycles. The second-order valence-electron chi connectivity index (χ2n) is 9.51. The number of pyridine rings is 2. The number of methoxy groups -OCH3 is 1. The molecular weight excluding hydrogens is 488 g/mol. The second-order valence-corrected chi connectivity index (χ2v) is 9.51. The Bertz CT molecular complexity index is 1490. The number of carbonyl (C=O) groups is 3. The van der Waals surface area contributed by atoms with Crippen LogP contribution in [0.1, 0.15) is 47.2 Å². The van der Waals surface area contributed by atoms with Crippen molar-refractivity contribution < 1.29 is 23.9 Å². The highest BCUT2D eigenvalue weighted by Crippen LogP contribution is 2.26. The van der Waals surface area contributed by atoms with Crippen LogP contribution in [0.5, 0.6) is 0 Å². The van der Waals surface area contributed by atoms with Gasteiger partial charge in [0.2, 0.25) is 0 Å². The fraction of sp³-hybridized carbons (Fsp3) is 0.259. The highest BCUT2D eigenvalue weighted by Gasteiger charge is 2.27. The van der Waals surface area contributed by atoms with E-state index in [2.05, 4.69) is 20.4 Å². The summed E-state index contributed by atoms with van der Waals surface area (Å²) in [6.45, 7) is 5.43. The first-order chi connectivity index (χ1) is 18.0. The summed E-state index contributed by atoms with van der Waals surface area (Å²) in [6, 6.07) is 12.4. The van der Waals surface area contributed by atoms with Crippen LogP contribution in [-0.2, 0) is 23.1 Å². The van der Waals surface area contributed by atoms with Gasteiger partial charge in [0.15, 0.2) is 5.69 Å². The Labute approximate surface area is 219 Å². The predicted molar refractivity (Wildman–Crippen MR) is 141 cm³/mol. The number of fused-ring (bicyclic) bond motifs is 1. The zero-order valence-corrected chi connectivity index (χ0v) is 21.8. The predicted octanol–water partition coefficient (Wildman–Crippen LogP) is 4.34. The highest BCUT2D eigenvalue weighted by molar-refractivity contribution is 6.08. The molecule has 3 heterocycles. The molecular formula is C27H28N6O5. The van der Waals surface area contributed by atoms with Gasteiger partial charge in [-0.1, -0.05) is 12.1 Å². The summed E-state index contributed by atoms with van der Waals surface area (Å²) in [5, 5.41) is 7.68. The lowest BCUT2D eigenvalue weighted by Crippen LogP contribution is -2.31. The molecule has 1 aromatic carbocycles. The summed E-state index contributed by atoms with van der Waals surface area (Å²) in [4.78, 5) is 48.3. The first-order valence-corrected chi connectivity index (χ1v) is 11.8. The summed E-state index contributed by atoms with van der Waals surface area (Å²) in [5.41, 5.74) is 1.33. The van der Waals surface area contributed by atoms with Crippen molar-refractivity contribution in [2.45, 2.75) is 32.9 Å². The average molecular weight is 517 g/mol. The number of amides is 2. The van der Waals surface area contributed by atoms with E-state index in [9.17, 15) is 14.4 Å². The molecule has 4 rings (SSSR count). The molecule has 0 saturated carbocycles. The summed E-state index contributed by atoms with van der Waals surface area (Å²) >= 11 is 0. The number of nitrogens with zero attached hydrogens (tertiary/aromatic N) is 5. The second kappa shape index (κ2) is 10.7. The standard InChI is InChI=1S/C27H28N6O5/c1-27(2,3)38-26(36)30-22-11-10-18-9-8-17(13-20(18)29-22)15-33(24(34)19-7-6-12-28-14-19)21-16-32(4)31-23(21)25(35)37-5/h6-14,16H,15H2,1-5H3,(H,29,30,36). The average Bonchev–Trinajstić information content (AvgIpc) is 3.26. The van der Waals surface area contributed by atoms with Crippen molar-refractivity contribution in [2.24, 2.45) is 7.05 Å². The number of nitrogens with one attached hydrogen (secondary N) is 1. The molecule has 11 nitrogen and oxygen atoms in total. The molecule has 0 spiro atoms. The minimum absolute atomic E-state index is 0.00926. The van der Waals surface area contributed by atoms with Crippen molar-refractivity contribution in [1.29, 1.82) is 0 Å². The molecule has 11 heteroatoms. The van der Waals surface area contributed by atoms with Crippen molar-refractivity contribution in [3.63, 3.8) is 0 Å². The highest BCUT2D eigenvalue weighted by atomic mass is 16.6. The molecule has 0 unspecified atom stereocenters. The number of hydrogen-bond donors (Lipinski definition) is 1. The molecule has 2 amide bonds. The third-order valence-electron chi connectivity index (χ3n) is 5.36. The van der Waals surface area contributed by atoms with Crippen molar-refractivity contribution in [2.75, 3.05) is 17.3 Å². The molecule has 0 bridgehead atoms. The maximum absolute atomic E-state index is 13.6. The van der Waals surface area contributed by atoms with Gasteiger partial charge in [0.25, 0.3) is 5.91 Å². The molecule has 38 heavy (non-hydrogen) atoms. The van der Waals surface area contributed by atoms with E-state index in [4.69, 9.17) is 9.47 Å². The Morgan fingerprint density at radius 1 is 1.11 bits per heavy atom. The Balaban J connectivity index is 1.70. The largest absolute Gasteiger partial charge is 0.464 e. The zero-order chi connectivity index (χ0) is 27.4. The minimum atomic E-state index is -0.664. The van der Waals surface area contributed by atoms with E-state index in [0.717, 1.165) is 10.9 Å². The van der Waals surface area contributed by atoms with Crippen LogP contribution in [0.2, 0.25) is 0 Å². The van der Waals surface area contributed by atoms with Crippen LogP contribution in [0.3, 0.4) is 0 Å². The van der Waals surface area contributed by atoms with Crippen molar-refractivity contribution in [3.05, 3.63) is 77.9 Å². The molecule has 0 aliphatic heterocycles. The number of hydrogen-bond acceptors (Lipinski definition) is 8. The van der Waals surface area contributed by atoms with E-state index in [1.54, 1.807) is 58.4 Å². The zero-order valence-electron chi connectivity index (χ0n) is 21.8. The van der Waals surface area contributed by atoms with Crippen LogP contribution in [-0.4, -0.2) is 50.4 Å². The van der Waals surface area contributed by atoms with Gasteiger partial charge in [-0.2, -0.15) is 5.10 Å². The molecule has 196 valence electrons. The Hall–Kier alpha value is -4.80. The van der Waals surface area contributed by atoms with Crippen LogP contribution >= 0.6 is 0 Å². The normalized spacial score (nSPS) is 11.2. The Morgan fingerprint density at radius 2 is 1.87 bits per heavy atom. The smallest absolute Gasteiger partial charge is 0.413 e. The van der Waals surface area contributed by atoms with Gasteiger partial charge >= 0.3 is 12.1 Å². The molecule has 0 fully saturated rings. The number of ether oxygens (including phenoxy) is 2. The number of aryl methyl sites for hydroxylation is 1. The van der Waals surface area contributed by atoms with E-state index in [-0.39, 0.29) is 18.1 Å². The van der Waals surface area contributed by atoms with E-state index in [1.807, 2.05) is 24.3 Å². The first kappa shape index (κ1) is 26.3. The lowest BCUT2D eigenvalue weighted by Gasteiger charge is -2.22. The number of aromatic nitrogens is 4. The maximum atomic E-state index is 13.6. The van der Waals surface area contributed by atoms with Gasteiger partial charge in [-0.05, 0) is 56.7 Å². The Morgan fingerprint density at radius 3 is 2.55 bits per heavy atom. The lowest BCUT2D eigenvalue weighted by molar-refractivity contribution is 0.0591. The van der Waals surface area contributed by atoms with Crippen LogP contribution in [0, 0.1) is 0 Å². The fourth-order valence-electron chi connectivity index (χ4n) is 3.75. The number of benzene rings is 1. The van der Waals surface area contributed by atoms with Gasteiger partial charge in [0.05, 0.1) is 30.4 Å². The van der Waals surface area contributed by atoms with Gasteiger partial charge in [0, 0.05) is 31.0 Å². The quantitative estimate of drug-likeness (QED) is 0.375. The summed E-state index contributed by atoms with van der Waals surface area (Å²) in [5.74, 6) is -0.709. The molecule has 0 aliphatic carbocycles. The SMILES string of the molecule is COC(=O)c1nn(C)cc1N(Cc1ccc2ccc(NC(=O)OC(C)(C)C)nc2c1)C(=O)c1cccnc1. The van der Waals surface area contributed by atoms with E-state index in [0.29, 0.717) is 22.6 Å². The van der Waals surface area contributed by atoms with Crippen LogP contribution in [0.15, 0.2) is 61.1 Å². The monoisotopic (exact) mass is 516 g/mol. The van der Waals surface area contributed by atoms with Crippen LogP contribution in [0.4, 0.5) is 16.3 Å². The van der Waals surface area contributed by atoms with Gasteiger partial charge < -0.3 is 14.4 Å². The molecule has 0 atom stereocenters. The first-order valence-electron chi connectivity index (χ1n) is 11.8. The minimum Gasteiger partial charge on any atom is -0.464 e. The van der Waals surface area contributed by atoms with Gasteiger partial charge in [0.1, 0.15) is 11.4 Å². The number of rotatable bonds is 6. The van der Waals surface area contributed by atoms with E-state index >= 15 is 0 Å². The van der Waals surface area contributed by atoms with E-state index < -0.39 is 17.7 Å².